The number of carbonyl (C=O) groups excluding carboxylic acids is 1. The number of tetrazole rings is 1. The summed E-state index contributed by atoms with van der Waals surface area (Å²) in [5.41, 5.74) is 1.34. The highest BCUT2D eigenvalue weighted by Crippen LogP contribution is 2.24. The molecule has 0 unspecified atom stereocenters. The van der Waals surface area contributed by atoms with E-state index in [2.05, 4.69) is 15.5 Å². The molecule has 2 aromatic carbocycles. The number of Topliss-reactive ketones (excluding diaryl/α,β-unsaturated/α-hetero) is 1. The summed E-state index contributed by atoms with van der Waals surface area (Å²) in [5.74, 6) is 0.127. The van der Waals surface area contributed by atoms with Gasteiger partial charge in [0.2, 0.25) is 5.16 Å². The molecule has 0 atom stereocenters. The predicted molar refractivity (Wildman–Crippen MR) is 90.7 cm³/mol. The molecule has 0 aliphatic heterocycles. The number of aromatic nitrogens is 4. The smallest absolute Gasteiger partial charge is 0.214 e. The van der Waals surface area contributed by atoms with Crippen LogP contribution in [-0.2, 0) is 0 Å². The van der Waals surface area contributed by atoms with E-state index in [1.165, 1.54) is 11.8 Å². The van der Waals surface area contributed by atoms with E-state index in [-0.39, 0.29) is 11.5 Å². The molecule has 3 rings (SSSR count). The SMILES string of the molecule is O=C(CSc1nnnn1-c1ccccc1)c1ccc(Cl)c(Cl)c1. The number of hydrogen-bond acceptors (Lipinski definition) is 5. The Kier molecular flexibility index (Phi) is 4.95. The molecule has 0 aliphatic rings. The van der Waals surface area contributed by atoms with Crippen LogP contribution in [0.15, 0.2) is 53.7 Å². The molecule has 0 spiro atoms. The quantitative estimate of drug-likeness (QED) is 0.506. The second-order valence-corrected chi connectivity index (χ2v) is 6.31. The topological polar surface area (TPSA) is 60.7 Å². The molecule has 116 valence electrons. The van der Waals surface area contributed by atoms with Gasteiger partial charge in [-0.25, -0.2) is 0 Å². The molecule has 5 nitrogen and oxygen atoms in total. The summed E-state index contributed by atoms with van der Waals surface area (Å²) in [5, 5.41) is 12.9. The maximum atomic E-state index is 12.3. The fraction of sp³-hybridized carbons (Fsp3) is 0.0667. The van der Waals surface area contributed by atoms with E-state index in [9.17, 15) is 4.79 Å². The minimum atomic E-state index is -0.0730. The molecule has 0 radical (unpaired) electrons. The van der Waals surface area contributed by atoms with E-state index < -0.39 is 0 Å². The summed E-state index contributed by atoms with van der Waals surface area (Å²) >= 11 is 13.1. The molecule has 3 aromatic rings. The normalized spacial score (nSPS) is 10.7. The van der Waals surface area contributed by atoms with Crippen molar-refractivity contribution in [2.45, 2.75) is 5.16 Å². The summed E-state index contributed by atoms with van der Waals surface area (Å²) in [6, 6.07) is 14.3. The monoisotopic (exact) mass is 364 g/mol. The van der Waals surface area contributed by atoms with E-state index in [0.29, 0.717) is 20.8 Å². The summed E-state index contributed by atoms with van der Waals surface area (Å²) < 4.78 is 1.59. The highest BCUT2D eigenvalue weighted by Gasteiger charge is 2.13. The molecule has 0 fully saturated rings. The third-order valence-electron chi connectivity index (χ3n) is 3.02. The second-order valence-electron chi connectivity index (χ2n) is 4.55. The fourth-order valence-corrected chi connectivity index (χ4v) is 2.97. The van der Waals surface area contributed by atoms with E-state index in [1.807, 2.05) is 30.3 Å². The molecule has 1 aromatic heterocycles. The number of benzene rings is 2. The van der Waals surface area contributed by atoms with Gasteiger partial charge in [-0.05, 0) is 40.8 Å². The molecule has 0 bridgehead atoms. The van der Waals surface area contributed by atoms with Crippen molar-refractivity contribution in [1.29, 1.82) is 0 Å². The van der Waals surface area contributed by atoms with E-state index in [0.717, 1.165) is 5.69 Å². The number of carbonyl (C=O) groups is 1. The minimum absolute atomic E-state index is 0.0730. The number of thioether (sulfide) groups is 1. The minimum Gasteiger partial charge on any atom is -0.293 e. The Balaban J connectivity index is 1.73. The lowest BCUT2D eigenvalue weighted by molar-refractivity contribution is 0.102. The van der Waals surface area contributed by atoms with Gasteiger partial charge >= 0.3 is 0 Å². The lowest BCUT2D eigenvalue weighted by atomic mass is 10.1. The van der Waals surface area contributed by atoms with Gasteiger partial charge in [0.15, 0.2) is 5.78 Å². The van der Waals surface area contributed by atoms with Crippen molar-refractivity contribution in [2.24, 2.45) is 0 Å². The predicted octanol–water partition coefficient (Wildman–Crippen LogP) is 3.94. The highest BCUT2D eigenvalue weighted by molar-refractivity contribution is 7.99. The van der Waals surface area contributed by atoms with Gasteiger partial charge in [-0.2, -0.15) is 4.68 Å². The zero-order chi connectivity index (χ0) is 16.2. The van der Waals surface area contributed by atoms with E-state index in [4.69, 9.17) is 23.2 Å². The molecule has 0 saturated carbocycles. The van der Waals surface area contributed by atoms with Gasteiger partial charge in [0.25, 0.3) is 0 Å². The number of halogens is 2. The number of rotatable bonds is 5. The molecule has 0 saturated heterocycles. The first kappa shape index (κ1) is 16.0. The van der Waals surface area contributed by atoms with Crippen LogP contribution >= 0.6 is 35.0 Å². The fourth-order valence-electron chi connectivity index (χ4n) is 1.88. The van der Waals surface area contributed by atoms with Gasteiger partial charge in [0, 0.05) is 5.56 Å². The van der Waals surface area contributed by atoms with Crippen molar-refractivity contribution in [3.8, 4) is 5.69 Å². The van der Waals surface area contributed by atoms with Crippen LogP contribution in [0.25, 0.3) is 5.69 Å². The molecular formula is C15H10Cl2N4OS. The Morgan fingerprint density at radius 3 is 2.61 bits per heavy atom. The van der Waals surface area contributed by atoms with E-state index >= 15 is 0 Å². The average Bonchev–Trinajstić information content (AvgIpc) is 3.04. The summed E-state index contributed by atoms with van der Waals surface area (Å²) in [6.07, 6.45) is 0. The summed E-state index contributed by atoms with van der Waals surface area (Å²) in [4.78, 5) is 12.3. The average molecular weight is 365 g/mol. The first-order valence-corrected chi connectivity index (χ1v) is 8.34. The van der Waals surface area contributed by atoms with Crippen LogP contribution in [0.4, 0.5) is 0 Å². The number of ketones is 1. The number of hydrogen-bond donors (Lipinski definition) is 0. The van der Waals surface area contributed by atoms with Crippen LogP contribution < -0.4 is 0 Å². The van der Waals surface area contributed by atoms with Crippen LogP contribution in [0.3, 0.4) is 0 Å². The zero-order valence-corrected chi connectivity index (χ0v) is 14.0. The Morgan fingerprint density at radius 2 is 1.87 bits per heavy atom. The molecule has 8 heteroatoms. The Bertz CT molecular complexity index is 839. The Morgan fingerprint density at radius 1 is 1.09 bits per heavy atom. The molecule has 0 aliphatic carbocycles. The van der Waals surface area contributed by atoms with Crippen LogP contribution in [-0.4, -0.2) is 31.7 Å². The summed E-state index contributed by atoms with van der Waals surface area (Å²) in [6.45, 7) is 0. The maximum Gasteiger partial charge on any atom is 0.214 e. The third kappa shape index (κ3) is 3.72. The maximum absolute atomic E-state index is 12.3. The van der Waals surface area contributed by atoms with Crippen LogP contribution in [0.2, 0.25) is 10.0 Å². The third-order valence-corrected chi connectivity index (χ3v) is 4.67. The van der Waals surface area contributed by atoms with Crippen molar-refractivity contribution in [1.82, 2.24) is 20.2 Å². The molecule has 0 N–H and O–H groups in total. The Hall–Kier alpha value is -1.89. The van der Waals surface area contributed by atoms with Crippen molar-refractivity contribution < 1.29 is 4.79 Å². The van der Waals surface area contributed by atoms with Crippen molar-refractivity contribution >= 4 is 40.7 Å². The lowest BCUT2D eigenvalue weighted by Crippen LogP contribution is -2.05. The van der Waals surface area contributed by atoms with Crippen molar-refractivity contribution in [3.05, 3.63) is 64.1 Å². The first-order chi connectivity index (χ1) is 11.1. The zero-order valence-electron chi connectivity index (χ0n) is 11.7. The summed E-state index contributed by atoms with van der Waals surface area (Å²) in [7, 11) is 0. The van der Waals surface area contributed by atoms with Gasteiger partial charge in [-0.15, -0.1) is 5.10 Å². The van der Waals surface area contributed by atoms with Crippen molar-refractivity contribution in [3.63, 3.8) is 0 Å². The number of para-hydroxylation sites is 1. The Labute approximate surface area is 146 Å². The lowest BCUT2D eigenvalue weighted by Gasteiger charge is -2.04. The van der Waals surface area contributed by atoms with Gasteiger partial charge < -0.3 is 0 Å². The number of nitrogens with zero attached hydrogens (tertiary/aromatic N) is 4. The highest BCUT2D eigenvalue weighted by atomic mass is 35.5. The molecule has 23 heavy (non-hydrogen) atoms. The van der Waals surface area contributed by atoms with Crippen LogP contribution in [0.1, 0.15) is 10.4 Å². The van der Waals surface area contributed by atoms with Gasteiger partial charge in [-0.3, -0.25) is 4.79 Å². The largest absolute Gasteiger partial charge is 0.293 e. The van der Waals surface area contributed by atoms with Gasteiger partial charge in [0.05, 0.1) is 21.5 Å². The van der Waals surface area contributed by atoms with Crippen molar-refractivity contribution in [2.75, 3.05) is 5.75 Å². The second kappa shape index (κ2) is 7.12. The molecule has 0 amide bonds. The van der Waals surface area contributed by atoms with Crippen LogP contribution in [0, 0.1) is 0 Å². The van der Waals surface area contributed by atoms with Gasteiger partial charge in [0.1, 0.15) is 0 Å². The molecule has 1 heterocycles. The standard InChI is InChI=1S/C15H10Cl2N4OS/c16-12-7-6-10(8-13(12)17)14(22)9-23-15-18-19-20-21(15)11-4-2-1-3-5-11/h1-8H,9H2. The van der Waals surface area contributed by atoms with Crippen LogP contribution in [0.5, 0.6) is 0 Å². The van der Waals surface area contributed by atoms with Gasteiger partial charge in [-0.1, -0.05) is 53.2 Å². The molecular weight excluding hydrogens is 355 g/mol. The first-order valence-electron chi connectivity index (χ1n) is 6.60. The van der Waals surface area contributed by atoms with E-state index in [1.54, 1.807) is 22.9 Å².